The summed E-state index contributed by atoms with van der Waals surface area (Å²) in [6.45, 7) is 5.82. The average molecular weight is 239 g/mol. The summed E-state index contributed by atoms with van der Waals surface area (Å²) in [4.78, 5) is 11.2. The van der Waals surface area contributed by atoms with Gasteiger partial charge >= 0.3 is 5.97 Å². The lowest BCUT2D eigenvalue weighted by Crippen LogP contribution is -2.12. The molecule has 0 aliphatic rings. The average Bonchev–Trinajstić information content (AvgIpc) is 2.25. The number of hydrogen-bond donors (Lipinski definition) is 1. The summed E-state index contributed by atoms with van der Waals surface area (Å²) in [5.74, 6) is -1.39. The molecule has 1 N–H and O–H groups in total. The second kappa shape index (κ2) is 5.71. The topological polar surface area (TPSA) is 37.3 Å². The minimum atomic E-state index is -0.836. The van der Waals surface area contributed by atoms with Crippen LogP contribution in [0.5, 0.6) is 0 Å². The van der Waals surface area contributed by atoms with Crippen molar-refractivity contribution in [3.05, 3.63) is 47.0 Å². The van der Waals surface area contributed by atoms with E-state index in [9.17, 15) is 9.90 Å². The Kier molecular flexibility index (Phi) is 4.56. The summed E-state index contributed by atoms with van der Waals surface area (Å²) in [6, 6.07) is 6.98. The predicted molar refractivity (Wildman–Crippen MR) is 65.9 cm³/mol. The summed E-state index contributed by atoms with van der Waals surface area (Å²) in [7, 11) is 0. The smallest absolute Gasteiger partial charge is 0.311 e. The molecule has 0 aliphatic heterocycles. The normalized spacial score (nSPS) is 12.1. The van der Waals surface area contributed by atoms with E-state index >= 15 is 0 Å². The van der Waals surface area contributed by atoms with Gasteiger partial charge in [0.1, 0.15) is 0 Å². The third-order valence-corrected chi connectivity index (χ3v) is 2.78. The number of rotatable bonds is 5. The zero-order valence-corrected chi connectivity index (χ0v) is 10.00. The predicted octanol–water partition coefficient (Wildman–Crippen LogP) is 3.86. The van der Waals surface area contributed by atoms with Crippen LogP contribution >= 0.6 is 11.6 Å². The highest BCUT2D eigenvalue weighted by Gasteiger charge is 2.20. The van der Waals surface area contributed by atoms with Crippen molar-refractivity contribution in [3.8, 4) is 0 Å². The largest absolute Gasteiger partial charge is 0.481 e. The van der Waals surface area contributed by atoms with Gasteiger partial charge in [-0.05, 0) is 30.5 Å². The number of carboxylic acids is 1. The highest BCUT2D eigenvalue weighted by atomic mass is 35.5. The lowest BCUT2D eigenvalue weighted by atomic mass is 9.92. The van der Waals surface area contributed by atoms with Gasteiger partial charge in [0.25, 0.3) is 0 Å². The van der Waals surface area contributed by atoms with Crippen molar-refractivity contribution < 1.29 is 9.90 Å². The number of allylic oxidation sites excluding steroid dienone is 1. The molecular weight excluding hydrogens is 224 g/mol. The van der Waals surface area contributed by atoms with Crippen molar-refractivity contribution >= 4 is 17.6 Å². The van der Waals surface area contributed by atoms with E-state index in [4.69, 9.17) is 11.6 Å². The highest BCUT2D eigenvalue weighted by molar-refractivity contribution is 6.30. The van der Waals surface area contributed by atoms with E-state index < -0.39 is 11.9 Å². The van der Waals surface area contributed by atoms with Crippen LogP contribution in [0, 0.1) is 0 Å². The third-order valence-electron chi connectivity index (χ3n) is 2.54. The van der Waals surface area contributed by atoms with Crippen LogP contribution in [0.1, 0.15) is 31.2 Å². The maximum Gasteiger partial charge on any atom is 0.311 e. The van der Waals surface area contributed by atoms with Gasteiger partial charge in [0.15, 0.2) is 0 Å². The van der Waals surface area contributed by atoms with Crippen LogP contribution < -0.4 is 0 Å². The first-order valence-electron chi connectivity index (χ1n) is 5.19. The summed E-state index contributed by atoms with van der Waals surface area (Å²) < 4.78 is 0. The highest BCUT2D eigenvalue weighted by Crippen LogP contribution is 2.26. The molecule has 1 aromatic carbocycles. The Bertz CT molecular complexity index is 399. The lowest BCUT2D eigenvalue weighted by molar-refractivity contribution is -0.138. The Hall–Kier alpha value is -1.28. The van der Waals surface area contributed by atoms with E-state index in [0.29, 0.717) is 11.4 Å². The molecule has 2 nitrogen and oxygen atoms in total. The molecule has 1 rings (SSSR count). The fourth-order valence-corrected chi connectivity index (χ4v) is 1.70. The number of aliphatic carboxylic acids is 1. The number of benzene rings is 1. The number of carboxylic acid groups (broad SMARTS) is 1. The molecule has 1 atom stereocenters. The molecule has 0 amide bonds. The van der Waals surface area contributed by atoms with Crippen molar-refractivity contribution in [3.63, 3.8) is 0 Å². The van der Waals surface area contributed by atoms with Crippen molar-refractivity contribution in [1.29, 1.82) is 0 Å². The second-order valence-corrected chi connectivity index (χ2v) is 4.19. The molecule has 0 heterocycles. The Morgan fingerprint density at radius 1 is 1.56 bits per heavy atom. The minimum absolute atomic E-state index is 0.464. The van der Waals surface area contributed by atoms with Crippen LogP contribution in [0.4, 0.5) is 0 Å². The monoisotopic (exact) mass is 238 g/mol. The van der Waals surface area contributed by atoms with Gasteiger partial charge in [-0.2, -0.15) is 0 Å². The summed E-state index contributed by atoms with van der Waals surface area (Å²) in [6.07, 6.45) is 1.26. The van der Waals surface area contributed by atoms with Gasteiger partial charge in [0.05, 0.1) is 5.92 Å². The molecule has 1 aromatic rings. The summed E-state index contributed by atoms with van der Waals surface area (Å²) >= 11 is 5.85. The molecule has 0 aliphatic carbocycles. The van der Waals surface area contributed by atoms with E-state index in [2.05, 4.69) is 6.58 Å². The van der Waals surface area contributed by atoms with Gasteiger partial charge in [-0.15, -0.1) is 0 Å². The fourth-order valence-electron chi connectivity index (χ4n) is 1.50. The fraction of sp³-hybridized carbons (Fsp3) is 0.308. The molecule has 3 heteroatoms. The van der Waals surface area contributed by atoms with Gasteiger partial charge < -0.3 is 5.11 Å². The summed E-state index contributed by atoms with van der Waals surface area (Å²) in [5, 5.41) is 9.74. The van der Waals surface area contributed by atoms with Crippen molar-refractivity contribution in [2.75, 3.05) is 0 Å². The summed E-state index contributed by atoms with van der Waals surface area (Å²) in [5.41, 5.74) is 1.67. The van der Waals surface area contributed by atoms with Crippen LogP contribution in [-0.4, -0.2) is 11.1 Å². The first-order chi connectivity index (χ1) is 7.54. The van der Waals surface area contributed by atoms with Crippen LogP contribution in [0.25, 0.3) is 0 Å². The third kappa shape index (κ3) is 3.38. The van der Waals surface area contributed by atoms with Gasteiger partial charge in [0, 0.05) is 5.02 Å². The van der Waals surface area contributed by atoms with E-state index in [0.717, 1.165) is 17.6 Å². The first-order valence-corrected chi connectivity index (χ1v) is 5.57. The first kappa shape index (κ1) is 12.8. The molecule has 1 unspecified atom stereocenters. The van der Waals surface area contributed by atoms with Crippen LogP contribution in [0.15, 0.2) is 36.4 Å². The van der Waals surface area contributed by atoms with Crippen molar-refractivity contribution in [2.45, 2.75) is 25.7 Å². The molecule has 86 valence electrons. The van der Waals surface area contributed by atoms with E-state index in [1.165, 1.54) is 0 Å². The molecular formula is C13H15ClO2. The standard InChI is InChI=1S/C13H15ClO2/c1-3-9(2)7-12(13(15)16)10-5-4-6-11(14)8-10/h4-6,8,12H,2-3,7H2,1H3,(H,15,16). The van der Waals surface area contributed by atoms with Gasteiger partial charge in [-0.3, -0.25) is 4.79 Å². The Morgan fingerprint density at radius 2 is 2.25 bits per heavy atom. The lowest BCUT2D eigenvalue weighted by Gasteiger charge is -2.13. The van der Waals surface area contributed by atoms with Crippen LogP contribution in [-0.2, 0) is 4.79 Å². The van der Waals surface area contributed by atoms with Gasteiger partial charge in [-0.1, -0.05) is 42.8 Å². The quantitative estimate of drug-likeness (QED) is 0.791. The Labute approximate surface area is 101 Å². The molecule has 16 heavy (non-hydrogen) atoms. The van der Waals surface area contributed by atoms with Crippen molar-refractivity contribution in [2.24, 2.45) is 0 Å². The Balaban J connectivity index is 2.94. The molecule has 0 aromatic heterocycles. The zero-order chi connectivity index (χ0) is 12.1. The van der Waals surface area contributed by atoms with Crippen molar-refractivity contribution in [1.82, 2.24) is 0 Å². The van der Waals surface area contributed by atoms with Gasteiger partial charge in [0.2, 0.25) is 0 Å². The van der Waals surface area contributed by atoms with E-state index in [1.54, 1.807) is 24.3 Å². The maximum absolute atomic E-state index is 11.2. The number of halogens is 1. The van der Waals surface area contributed by atoms with E-state index in [-0.39, 0.29) is 0 Å². The SMILES string of the molecule is C=C(CC)CC(C(=O)O)c1cccc(Cl)c1. The number of carbonyl (C=O) groups is 1. The van der Waals surface area contributed by atoms with Gasteiger partial charge in [-0.25, -0.2) is 0 Å². The number of hydrogen-bond acceptors (Lipinski definition) is 1. The molecule has 0 saturated carbocycles. The minimum Gasteiger partial charge on any atom is -0.481 e. The Morgan fingerprint density at radius 3 is 2.75 bits per heavy atom. The molecule has 0 spiro atoms. The zero-order valence-electron chi connectivity index (χ0n) is 9.24. The molecule has 0 fully saturated rings. The molecule has 0 saturated heterocycles. The van der Waals surface area contributed by atoms with E-state index in [1.807, 2.05) is 6.92 Å². The molecule has 0 radical (unpaired) electrons. The molecule has 0 bridgehead atoms. The maximum atomic E-state index is 11.2. The van der Waals surface area contributed by atoms with Crippen LogP contribution in [0.2, 0.25) is 5.02 Å². The second-order valence-electron chi connectivity index (χ2n) is 3.75. The van der Waals surface area contributed by atoms with Crippen LogP contribution in [0.3, 0.4) is 0 Å².